The number of aromatic nitrogens is 2. The van der Waals surface area contributed by atoms with Gasteiger partial charge in [0.15, 0.2) is 0 Å². The Morgan fingerprint density at radius 1 is 1.06 bits per heavy atom. The largest absolute Gasteiger partial charge is 0.492 e. The van der Waals surface area contributed by atoms with E-state index in [1.54, 1.807) is 18.4 Å². The van der Waals surface area contributed by atoms with Crippen LogP contribution in [0.3, 0.4) is 0 Å². The number of nitrogens with two attached hydrogens (primary N) is 1. The van der Waals surface area contributed by atoms with Crippen LogP contribution in [0.25, 0.3) is 11.3 Å². The monoisotopic (exact) mass is 445 g/mol. The molecule has 0 saturated carbocycles. The summed E-state index contributed by atoms with van der Waals surface area (Å²) in [6, 6.07) is 19.4. The molecule has 0 bridgehead atoms. The van der Waals surface area contributed by atoms with Crippen molar-refractivity contribution in [2.75, 3.05) is 12.3 Å². The van der Waals surface area contributed by atoms with Crippen LogP contribution >= 0.6 is 0 Å². The van der Waals surface area contributed by atoms with Crippen molar-refractivity contribution >= 4 is 11.9 Å². The molecule has 8 heteroatoms. The van der Waals surface area contributed by atoms with Crippen LogP contribution in [0, 0.1) is 0 Å². The van der Waals surface area contributed by atoms with Gasteiger partial charge in [-0.1, -0.05) is 24.3 Å². The van der Waals surface area contributed by atoms with Crippen LogP contribution in [-0.2, 0) is 19.4 Å². The van der Waals surface area contributed by atoms with E-state index in [0.717, 1.165) is 16.9 Å². The molecule has 168 valence electrons. The van der Waals surface area contributed by atoms with Crippen molar-refractivity contribution in [2.24, 2.45) is 0 Å². The number of furan rings is 1. The van der Waals surface area contributed by atoms with Crippen LogP contribution in [0.1, 0.15) is 21.6 Å². The van der Waals surface area contributed by atoms with Crippen molar-refractivity contribution in [3.8, 4) is 17.1 Å². The molecule has 0 aliphatic carbocycles. The summed E-state index contributed by atoms with van der Waals surface area (Å²) in [4.78, 5) is 28.0. The highest BCUT2D eigenvalue weighted by atomic mass is 16.5. The molecule has 8 nitrogen and oxygen atoms in total. The minimum atomic E-state index is -1.03. The number of rotatable bonds is 9. The summed E-state index contributed by atoms with van der Waals surface area (Å²) in [7, 11) is 0. The number of carboxylic acid groups (broad SMARTS) is 1. The smallest absolute Gasteiger partial charge is 0.335 e. The number of benzene rings is 2. The zero-order valence-corrected chi connectivity index (χ0v) is 17.8. The van der Waals surface area contributed by atoms with Crippen LogP contribution in [0.5, 0.6) is 5.75 Å². The zero-order chi connectivity index (χ0) is 23.2. The van der Waals surface area contributed by atoms with Crippen LogP contribution in [-0.4, -0.2) is 27.2 Å². The topological polar surface area (TPSA) is 121 Å². The lowest BCUT2D eigenvalue weighted by Crippen LogP contribution is -2.27. The van der Waals surface area contributed by atoms with E-state index in [0.29, 0.717) is 24.3 Å². The number of ether oxygens (including phenoxy) is 1. The fourth-order valence-corrected chi connectivity index (χ4v) is 3.49. The molecule has 0 saturated heterocycles. The second kappa shape index (κ2) is 9.86. The Bertz CT molecular complexity index is 1310. The van der Waals surface area contributed by atoms with E-state index in [2.05, 4.69) is 11.1 Å². The van der Waals surface area contributed by atoms with Crippen LogP contribution in [0.4, 0.5) is 5.95 Å². The molecule has 0 atom stereocenters. The molecule has 0 spiro atoms. The maximum atomic E-state index is 12.6. The maximum Gasteiger partial charge on any atom is 0.335 e. The van der Waals surface area contributed by atoms with Gasteiger partial charge in [0.2, 0.25) is 5.95 Å². The number of hydrogen-bond donors (Lipinski definition) is 2. The molecule has 2 aromatic heterocycles. The first-order valence-corrected chi connectivity index (χ1v) is 10.4. The Kier molecular flexibility index (Phi) is 6.54. The second-order valence-electron chi connectivity index (χ2n) is 7.45. The summed E-state index contributed by atoms with van der Waals surface area (Å²) < 4.78 is 12.4. The molecule has 0 amide bonds. The van der Waals surface area contributed by atoms with Gasteiger partial charge in [-0.2, -0.15) is 0 Å². The highest BCUT2D eigenvalue weighted by Crippen LogP contribution is 2.21. The first kappa shape index (κ1) is 21.9. The fourth-order valence-electron chi connectivity index (χ4n) is 3.49. The summed E-state index contributed by atoms with van der Waals surface area (Å²) in [5.41, 5.74) is 8.61. The summed E-state index contributed by atoms with van der Waals surface area (Å²) in [6.07, 6.45) is 2.91. The highest BCUT2D eigenvalue weighted by Gasteiger charge is 2.09. The van der Waals surface area contributed by atoms with Crippen molar-refractivity contribution in [1.82, 2.24) is 9.55 Å². The van der Waals surface area contributed by atoms with Crippen molar-refractivity contribution in [3.05, 3.63) is 100 Å². The average Bonchev–Trinajstić information content (AvgIpc) is 3.35. The molecule has 33 heavy (non-hydrogen) atoms. The van der Waals surface area contributed by atoms with Crippen molar-refractivity contribution in [1.29, 1.82) is 0 Å². The standard InChI is InChI=1S/C25H23N3O5/c26-25-27-20(10-9-17-4-1-5-18(14-17)22-8-3-12-33-22)16-23(29)28(25)11-13-32-21-7-2-6-19(15-21)24(30)31/h1-8,12,14-16H,9-11,13H2,(H2,26,27)(H,30,31). The van der Waals surface area contributed by atoms with E-state index in [1.807, 2.05) is 30.3 Å². The third kappa shape index (κ3) is 5.48. The van der Waals surface area contributed by atoms with Crippen LogP contribution < -0.4 is 16.0 Å². The van der Waals surface area contributed by atoms with E-state index in [9.17, 15) is 9.59 Å². The molecule has 0 radical (unpaired) electrons. The normalized spacial score (nSPS) is 10.8. The SMILES string of the molecule is Nc1nc(CCc2cccc(-c3ccco3)c2)cc(=O)n1CCOc1cccc(C(=O)O)c1. The lowest BCUT2D eigenvalue weighted by Gasteiger charge is -2.12. The first-order chi connectivity index (χ1) is 16.0. The van der Waals surface area contributed by atoms with E-state index in [1.165, 1.54) is 22.8 Å². The first-order valence-electron chi connectivity index (χ1n) is 10.4. The minimum Gasteiger partial charge on any atom is -0.492 e. The number of aryl methyl sites for hydroxylation is 2. The van der Waals surface area contributed by atoms with Gasteiger partial charge in [-0.15, -0.1) is 0 Å². The Hall–Kier alpha value is -4.33. The van der Waals surface area contributed by atoms with Crippen molar-refractivity contribution < 1.29 is 19.1 Å². The average molecular weight is 445 g/mol. The third-order valence-corrected chi connectivity index (χ3v) is 5.16. The molecule has 0 aliphatic heterocycles. The van der Waals surface area contributed by atoms with E-state index in [-0.39, 0.29) is 30.2 Å². The Labute approximate surface area is 189 Å². The predicted molar refractivity (Wildman–Crippen MR) is 123 cm³/mol. The summed E-state index contributed by atoms with van der Waals surface area (Å²) in [5.74, 6) is 0.291. The van der Waals surface area contributed by atoms with Crippen LogP contribution in [0.15, 0.2) is 82.2 Å². The van der Waals surface area contributed by atoms with Gasteiger partial charge in [0.25, 0.3) is 5.56 Å². The van der Waals surface area contributed by atoms with Gasteiger partial charge in [-0.25, -0.2) is 9.78 Å². The predicted octanol–water partition coefficient (Wildman–Crippen LogP) is 3.65. The third-order valence-electron chi connectivity index (χ3n) is 5.16. The molecule has 2 heterocycles. The van der Waals surface area contributed by atoms with Gasteiger partial charge in [-0.05, 0) is 54.8 Å². The van der Waals surface area contributed by atoms with Crippen molar-refractivity contribution in [3.63, 3.8) is 0 Å². The molecule has 2 aromatic carbocycles. The highest BCUT2D eigenvalue weighted by molar-refractivity contribution is 5.88. The second-order valence-corrected chi connectivity index (χ2v) is 7.45. The van der Waals surface area contributed by atoms with Gasteiger partial charge in [0.05, 0.1) is 24.1 Å². The van der Waals surface area contributed by atoms with Crippen LogP contribution in [0.2, 0.25) is 0 Å². The van der Waals surface area contributed by atoms with Crippen molar-refractivity contribution in [2.45, 2.75) is 19.4 Å². The zero-order valence-electron chi connectivity index (χ0n) is 17.8. The molecule has 4 aromatic rings. The number of anilines is 1. The number of carbonyl (C=O) groups is 1. The molecule has 4 rings (SSSR count). The summed E-state index contributed by atoms with van der Waals surface area (Å²) in [6.45, 7) is 0.341. The minimum absolute atomic E-state index is 0.115. The van der Waals surface area contributed by atoms with Gasteiger partial charge in [0, 0.05) is 11.6 Å². The van der Waals surface area contributed by atoms with E-state index < -0.39 is 5.97 Å². The number of carboxylic acids is 1. The van der Waals surface area contributed by atoms with E-state index in [4.69, 9.17) is 20.0 Å². The summed E-state index contributed by atoms with van der Waals surface area (Å²) >= 11 is 0. The molecule has 0 fully saturated rings. The lowest BCUT2D eigenvalue weighted by atomic mass is 10.0. The lowest BCUT2D eigenvalue weighted by molar-refractivity contribution is 0.0696. The fraction of sp³-hybridized carbons (Fsp3) is 0.160. The van der Waals surface area contributed by atoms with Gasteiger partial charge >= 0.3 is 5.97 Å². The maximum absolute atomic E-state index is 12.6. The number of hydrogen-bond acceptors (Lipinski definition) is 6. The Balaban J connectivity index is 1.37. The molecule has 0 aliphatic rings. The number of aromatic carboxylic acids is 1. The van der Waals surface area contributed by atoms with Gasteiger partial charge < -0.3 is 20.0 Å². The molecule has 0 unspecified atom stereocenters. The number of nitrogens with zero attached hydrogens (tertiary/aromatic N) is 2. The summed E-state index contributed by atoms with van der Waals surface area (Å²) in [5, 5.41) is 9.05. The quantitative estimate of drug-likeness (QED) is 0.403. The van der Waals surface area contributed by atoms with E-state index >= 15 is 0 Å². The Morgan fingerprint density at radius 3 is 2.67 bits per heavy atom. The van der Waals surface area contributed by atoms with Gasteiger partial charge in [-0.3, -0.25) is 9.36 Å². The number of nitrogen functional groups attached to an aromatic ring is 1. The Morgan fingerprint density at radius 2 is 1.91 bits per heavy atom. The molecular weight excluding hydrogens is 422 g/mol. The molecule has 3 N–H and O–H groups in total. The van der Waals surface area contributed by atoms with Gasteiger partial charge in [0.1, 0.15) is 18.1 Å². The molecular formula is C25H23N3O5.